The van der Waals surface area contributed by atoms with Crippen LogP contribution >= 0.6 is 0 Å². The molecule has 0 radical (unpaired) electrons. The van der Waals surface area contributed by atoms with Crippen molar-refractivity contribution in [2.45, 2.75) is 13.3 Å². The molecule has 0 aromatic carbocycles. The normalized spacial score (nSPS) is 22.0. The molecule has 1 heterocycles. The van der Waals surface area contributed by atoms with Crippen LogP contribution in [0, 0.1) is 5.92 Å². The molecule has 1 aliphatic heterocycles. The summed E-state index contributed by atoms with van der Waals surface area (Å²) in [5.74, 6) is 0.632. The minimum absolute atomic E-state index is 0.0844. The van der Waals surface area contributed by atoms with Gasteiger partial charge in [-0.05, 0) is 32.9 Å². The summed E-state index contributed by atoms with van der Waals surface area (Å²) in [5, 5.41) is 5.96. The van der Waals surface area contributed by atoms with Crippen molar-refractivity contribution in [2.75, 3.05) is 33.2 Å². The largest absolute Gasteiger partial charge is 0.338 e. The van der Waals surface area contributed by atoms with Crippen molar-refractivity contribution in [1.29, 1.82) is 0 Å². The van der Waals surface area contributed by atoms with Crippen LogP contribution in [0.4, 0.5) is 4.79 Å². The van der Waals surface area contributed by atoms with Gasteiger partial charge in [0.05, 0.1) is 0 Å². The van der Waals surface area contributed by atoms with Crippen LogP contribution in [0.25, 0.3) is 0 Å². The molecule has 4 heteroatoms. The minimum Gasteiger partial charge on any atom is -0.338 e. The highest BCUT2D eigenvalue weighted by atomic mass is 16.2. The van der Waals surface area contributed by atoms with Crippen LogP contribution < -0.4 is 10.6 Å². The molecule has 1 saturated heterocycles. The third-order valence-corrected chi connectivity index (χ3v) is 2.39. The molecule has 0 saturated carbocycles. The van der Waals surface area contributed by atoms with Crippen molar-refractivity contribution in [3.8, 4) is 0 Å². The number of nitrogens with zero attached hydrogens (tertiary/aromatic N) is 1. The second-order valence-electron chi connectivity index (χ2n) is 3.49. The van der Waals surface area contributed by atoms with Crippen molar-refractivity contribution in [3.05, 3.63) is 0 Å². The van der Waals surface area contributed by atoms with E-state index in [0.29, 0.717) is 12.5 Å². The predicted octanol–water partition coefficient (Wildman–Crippen LogP) is 0.257. The number of likely N-dealkylation sites (tertiary alicyclic amines) is 1. The number of hydrogen-bond acceptors (Lipinski definition) is 2. The highest BCUT2D eigenvalue weighted by molar-refractivity contribution is 5.74. The van der Waals surface area contributed by atoms with Gasteiger partial charge in [-0.15, -0.1) is 0 Å². The Bertz CT molecular complexity index is 172. The summed E-state index contributed by atoms with van der Waals surface area (Å²) in [6.07, 6.45) is 1.12. The fourth-order valence-corrected chi connectivity index (χ4v) is 1.74. The average Bonchev–Trinajstić information content (AvgIpc) is 2.54. The third kappa shape index (κ3) is 2.88. The summed E-state index contributed by atoms with van der Waals surface area (Å²) in [6, 6.07) is 0.0844. The quantitative estimate of drug-likeness (QED) is 0.662. The van der Waals surface area contributed by atoms with E-state index in [4.69, 9.17) is 0 Å². The van der Waals surface area contributed by atoms with Crippen molar-refractivity contribution < 1.29 is 4.79 Å². The SMILES string of the molecule is CCNC(=O)N1CCC(CNC)C1. The van der Waals surface area contributed by atoms with Crippen molar-refractivity contribution >= 4 is 6.03 Å². The van der Waals surface area contributed by atoms with E-state index < -0.39 is 0 Å². The lowest BCUT2D eigenvalue weighted by Gasteiger charge is -2.16. The molecule has 13 heavy (non-hydrogen) atoms. The maximum absolute atomic E-state index is 11.4. The van der Waals surface area contributed by atoms with Crippen LogP contribution in [-0.4, -0.2) is 44.2 Å². The summed E-state index contributed by atoms with van der Waals surface area (Å²) >= 11 is 0. The lowest BCUT2D eigenvalue weighted by atomic mass is 10.1. The Balaban J connectivity index is 2.27. The van der Waals surface area contributed by atoms with Crippen LogP contribution in [0.15, 0.2) is 0 Å². The highest BCUT2D eigenvalue weighted by Gasteiger charge is 2.24. The summed E-state index contributed by atoms with van der Waals surface area (Å²) < 4.78 is 0. The first-order chi connectivity index (χ1) is 6.27. The molecule has 4 nitrogen and oxygen atoms in total. The van der Waals surface area contributed by atoms with Gasteiger partial charge in [0.1, 0.15) is 0 Å². The van der Waals surface area contributed by atoms with Crippen LogP contribution in [0.3, 0.4) is 0 Å². The molecule has 1 rings (SSSR count). The fourth-order valence-electron chi connectivity index (χ4n) is 1.74. The van der Waals surface area contributed by atoms with Crippen molar-refractivity contribution in [3.63, 3.8) is 0 Å². The van der Waals surface area contributed by atoms with E-state index in [1.807, 2.05) is 18.9 Å². The summed E-state index contributed by atoms with van der Waals surface area (Å²) in [4.78, 5) is 13.3. The zero-order chi connectivity index (χ0) is 9.68. The van der Waals surface area contributed by atoms with Gasteiger partial charge in [0.2, 0.25) is 0 Å². The van der Waals surface area contributed by atoms with Gasteiger partial charge < -0.3 is 15.5 Å². The molecule has 76 valence electrons. The average molecular weight is 185 g/mol. The van der Waals surface area contributed by atoms with E-state index in [-0.39, 0.29) is 6.03 Å². The van der Waals surface area contributed by atoms with E-state index >= 15 is 0 Å². The first-order valence-electron chi connectivity index (χ1n) is 4.95. The van der Waals surface area contributed by atoms with Crippen molar-refractivity contribution in [1.82, 2.24) is 15.5 Å². The van der Waals surface area contributed by atoms with Gasteiger partial charge in [-0.1, -0.05) is 0 Å². The molecule has 1 atom stereocenters. The van der Waals surface area contributed by atoms with Gasteiger partial charge in [-0.3, -0.25) is 0 Å². The van der Waals surface area contributed by atoms with Gasteiger partial charge >= 0.3 is 6.03 Å². The number of carbonyl (C=O) groups excluding carboxylic acids is 1. The molecule has 0 aromatic heterocycles. The zero-order valence-electron chi connectivity index (χ0n) is 8.47. The lowest BCUT2D eigenvalue weighted by Crippen LogP contribution is -2.38. The van der Waals surface area contributed by atoms with Gasteiger partial charge in [0.25, 0.3) is 0 Å². The van der Waals surface area contributed by atoms with E-state index in [1.165, 1.54) is 0 Å². The number of rotatable bonds is 3. The molecule has 1 fully saturated rings. The van der Waals surface area contributed by atoms with E-state index in [0.717, 1.165) is 26.1 Å². The molecule has 0 aromatic rings. The Morgan fingerprint density at radius 3 is 3.00 bits per heavy atom. The maximum Gasteiger partial charge on any atom is 0.317 e. The number of carbonyl (C=O) groups is 1. The zero-order valence-corrected chi connectivity index (χ0v) is 8.47. The summed E-state index contributed by atoms with van der Waals surface area (Å²) in [7, 11) is 1.95. The van der Waals surface area contributed by atoms with Crippen LogP contribution in [-0.2, 0) is 0 Å². The monoisotopic (exact) mass is 185 g/mol. The molecule has 0 aliphatic carbocycles. The highest BCUT2D eigenvalue weighted by Crippen LogP contribution is 2.14. The Labute approximate surface area is 79.7 Å². The summed E-state index contributed by atoms with van der Waals surface area (Å²) in [6.45, 7) is 5.46. The molecule has 0 spiro atoms. The summed E-state index contributed by atoms with van der Waals surface area (Å²) in [5.41, 5.74) is 0. The second kappa shape index (κ2) is 5.07. The Hall–Kier alpha value is -0.770. The number of hydrogen-bond donors (Lipinski definition) is 2. The third-order valence-electron chi connectivity index (χ3n) is 2.39. The number of urea groups is 1. The van der Waals surface area contributed by atoms with Gasteiger partial charge in [-0.2, -0.15) is 0 Å². The first-order valence-corrected chi connectivity index (χ1v) is 4.95. The van der Waals surface area contributed by atoms with E-state index in [9.17, 15) is 4.79 Å². The molecule has 0 bridgehead atoms. The van der Waals surface area contributed by atoms with Crippen LogP contribution in [0.1, 0.15) is 13.3 Å². The molecule has 2 N–H and O–H groups in total. The second-order valence-corrected chi connectivity index (χ2v) is 3.49. The number of nitrogens with one attached hydrogen (secondary N) is 2. The standard InChI is InChI=1S/C9H19N3O/c1-3-11-9(13)12-5-4-8(7-12)6-10-2/h8,10H,3-7H2,1-2H3,(H,11,13). The lowest BCUT2D eigenvalue weighted by molar-refractivity contribution is 0.207. The molecule has 1 aliphatic rings. The topological polar surface area (TPSA) is 44.4 Å². The van der Waals surface area contributed by atoms with Gasteiger partial charge in [0.15, 0.2) is 0 Å². The smallest absolute Gasteiger partial charge is 0.317 e. The van der Waals surface area contributed by atoms with Crippen LogP contribution in [0.5, 0.6) is 0 Å². The fraction of sp³-hybridized carbons (Fsp3) is 0.889. The minimum atomic E-state index is 0.0844. The first kappa shape index (κ1) is 10.3. The predicted molar refractivity (Wildman–Crippen MR) is 52.7 cm³/mol. The van der Waals surface area contributed by atoms with E-state index in [2.05, 4.69) is 10.6 Å². The van der Waals surface area contributed by atoms with E-state index in [1.54, 1.807) is 0 Å². The molecular weight excluding hydrogens is 166 g/mol. The Morgan fingerprint density at radius 1 is 1.62 bits per heavy atom. The molecule has 1 unspecified atom stereocenters. The van der Waals surface area contributed by atoms with Crippen LogP contribution in [0.2, 0.25) is 0 Å². The maximum atomic E-state index is 11.4. The molecular formula is C9H19N3O. The number of amides is 2. The van der Waals surface area contributed by atoms with Gasteiger partial charge in [-0.25, -0.2) is 4.79 Å². The van der Waals surface area contributed by atoms with Crippen molar-refractivity contribution in [2.24, 2.45) is 5.92 Å². The van der Waals surface area contributed by atoms with Gasteiger partial charge in [0, 0.05) is 19.6 Å². The Morgan fingerprint density at radius 2 is 2.38 bits per heavy atom. The Kier molecular flexibility index (Phi) is 4.02. The molecule has 2 amide bonds.